The van der Waals surface area contributed by atoms with Gasteiger partial charge in [-0.2, -0.15) is 9.61 Å². The molecule has 0 aliphatic heterocycles. The van der Waals surface area contributed by atoms with Gasteiger partial charge in [0.05, 0.1) is 12.7 Å². The Morgan fingerprint density at radius 2 is 1.61 bits per heavy atom. The molecule has 0 aliphatic rings. The number of rotatable bonds is 4. The maximum absolute atomic E-state index is 13.0. The lowest BCUT2D eigenvalue weighted by atomic mass is 9.97. The number of halogens is 2. The summed E-state index contributed by atoms with van der Waals surface area (Å²) in [7, 11) is 0. The number of fused-ring (bicyclic) bond motifs is 1. The average molecular weight is 467 g/mol. The standard InChI is InChI=1S/C23H16Cl2N4OS/c1-14-10-15(13-31-14)12-28-23(30)29-22(27-28)21(17-4-8-19(25)9-5-17)20(11-26-29)16-2-6-18(24)7-3-16/h2-11,13H,12H2,1H3. The lowest BCUT2D eigenvalue weighted by Crippen LogP contribution is -2.22. The number of thiophene rings is 1. The van der Waals surface area contributed by atoms with E-state index in [4.69, 9.17) is 23.2 Å². The molecule has 0 amide bonds. The van der Waals surface area contributed by atoms with E-state index < -0.39 is 0 Å². The zero-order valence-electron chi connectivity index (χ0n) is 16.4. The van der Waals surface area contributed by atoms with Crippen LogP contribution in [0.2, 0.25) is 10.0 Å². The fraction of sp³-hybridized carbons (Fsp3) is 0.0870. The highest BCUT2D eigenvalue weighted by atomic mass is 35.5. The van der Waals surface area contributed by atoms with Crippen LogP contribution in [0, 0.1) is 6.92 Å². The monoisotopic (exact) mass is 466 g/mol. The molecule has 2 aromatic carbocycles. The molecule has 8 heteroatoms. The molecular formula is C23H16Cl2N4OS. The van der Waals surface area contributed by atoms with Gasteiger partial charge in [0.2, 0.25) is 0 Å². The molecule has 0 spiro atoms. The molecule has 31 heavy (non-hydrogen) atoms. The van der Waals surface area contributed by atoms with E-state index in [9.17, 15) is 4.79 Å². The maximum Gasteiger partial charge on any atom is 0.367 e. The predicted molar refractivity (Wildman–Crippen MR) is 126 cm³/mol. The third kappa shape index (κ3) is 3.78. The second-order valence-corrected chi connectivity index (χ2v) is 9.18. The van der Waals surface area contributed by atoms with Gasteiger partial charge in [0.1, 0.15) is 0 Å². The maximum atomic E-state index is 13.0. The summed E-state index contributed by atoms with van der Waals surface area (Å²) < 4.78 is 2.80. The summed E-state index contributed by atoms with van der Waals surface area (Å²) in [6, 6.07) is 17.1. The summed E-state index contributed by atoms with van der Waals surface area (Å²) in [5, 5.41) is 12.4. The lowest BCUT2D eigenvalue weighted by Gasteiger charge is -2.11. The van der Waals surface area contributed by atoms with Gasteiger partial charge in [0.15, 0.2) is 5.65 Å². The number of aryl methyl sites for hydroxylation is 1. The molecule has 5 aromatic rings. The van der Waals surface area contributed by atoms with Gasteiger partial charge in [-0.05, 0) is 59.3 Å². The predicted octanol–water partition coefficient (Wildman–Crippen LogP) is 5.95. The second-order valence-electron chi connectivity index (χ2n) is 7.19. The fourth-order valence-electron chi connectivity index (χ4n) is 3.57. The summed E-state index contributed by atoms with van der Waals surface area (Å²) in [6.07, 6.45) is 1.70. The first-order chi connectivity index (χ1) is 15.0. The first-order valence-corrected chi connectivity index (χ1v) is 11.2. The second kappa shape index (κ2) is 7.96. The molecule has 0 unspecified atom stereocenters. The Morgan fingerprint density at radius 3 is 2.23 bits per heavy atom. The van der Waals surface area contributed by atoms with E-state index in [-0.39, 0.29) is 5.69 Å². The van der Waals surface area contributed by atoms with Gasteiger partial charge < -0.3 is 0 Å². The molecule has 0 saturated carbocycles. The van der Waals surface area contributed by atoms with Crippen molar-refractivity contribution < 1.29 is 0 Å². The topological polar surface area (TPSA) is 52.2 Å². The summed E-state index contributed by atoms with van der Waals surface area (Å²) in [4.78, 5) is 14.2. The Morgan fingerprint density at radius 1 is 0.968 bits per heavy atom. The Balaban J connectivity index is 1.75. The molecule has 0 bridgehead atoms. The van der Waals surface area contributed by atoms with E-state index in [1.165, 1.54) is 14.1 Å². The number of hydrogen-bond acceptors (Lipinski definition) is 4. The van der Waals surface area contributed by atoms with Crippen LogP contribution < -0.4 is 5.69 Å². The smallest absolute Gasteiger partial charge is 0.244 e. The van der Waals surface area contributed by atoms with Crippen LogP contribution in [0.1, 0.15) is 10.4 Å². The van der Waals surface area contributed by atoms with Crippen LogP contribution in [-0.2, 0) is 6.54 Å². The van der Waals surface area contributed by atoms with Crippen LogP contribution in [0.3, 0.4) is 0 Å². The van der Waals surface area contributed by atoms with Crippen molar-refractivity contribution in [2.24, 2.45) is 0 Å². The van der Waals surface area contributed by atoms with Gasteiger partial charge in [0, 0.05) is 26.0 Å². The SMILES string of the molecule is Cc1cc(Cn2nc3c(-c4ccc(Cl)cc4)c(-c4ccc(Cl)cc4)cnn3c2=O)cs1. The molecule has 0 aliphatic carbocycles. The van der Waals surface area contributed by atoms with Gasteiger partial charge in [-0.15, -0.1) is 16.4 Å². The normalized spacial score (nSPS) is 11.3. The van der Waals surface area contributed by atoms with Crippen molar-refractivity contribution in [1.82, 2.24) is 19.4 Å². The highest BCUT2D eigenvalue weighted by Crippen LogP contribution is 2.35. The minimum absolute atomic E-state index is 0.281. The van der Waals surface area contributed by atoms with Crippen molar-refractivity contribution in [2.45, 2.75) is 13.5 Å². The van der Waals surface area contributed by atoms with Gasteiger partial charge in [0.25, 0.3) is 0 Å². The van der Waals surface area contributed by atoms with Gasteiger partial charge in [-0.3, -0.25) is 0 Å². The molecular weight excluding hydrogens is 451 g/mol. The Bertz CT molecular complexity index is 1450. The first-order valence-electron chi connectivity index (χ1n) is 9.54. The van der Waals surface area contributed by atoms with Crippen LogP contribution in [0.15, 0.2) is 71.0 Å². The van der Waals surface area contributed by atoms with E-state index >= 15 is 0 Å². The molecule has 5 nitrogen and oxygen atoms in total. The quantitative estimate of drug-likeness (QED) is 0.328. The van der Waals surface area contributed by atoms with Crippen molar-refractivity contribution in [2.75, 3.05) is 0 Å². The van der Waals surface area contributed by atoms with Crippen molar-refractivity contribution in [3.8, 4) is 22.3 Å². The molecule has 154 valence electrons. The third-order valence-electron chi connectivity index (χ3n) is 5.02. The van der Waals surface area contributed by atoms with Crippen LogP contribution in [0.5, 0.6) is 0 Å². The largest absolute Gasteiger partial charge is 0.367 e. The van der Waals surface area contributed by atoms with Crippen molar-refractivity contribution >= 4 is 40.2 Å². The fourth-order valence-corrected chi connectivity index (χ4v) is 4.52. The molecule has 3 heterocycles. The van der Waals surface area contributed by atoms with E-state index in [0.29, 0.717) is 22.2 Å². The van der Waals surface area contributed by atoms with E-state index in [2.05, 4.69) is 16.3 Å². The minimum atomic E-state index is -0.281. The Hall–Kier alpha value is -2.93. The van der Waals surface area contributed by atoms with E-state index in [1.807, 2.05) is 60.8 Å². The number of benzene rings is 2. The highest BCUT2D eigenvalue weighted by Gasteiger charge is 2.19. The number of nitrogens with zero attached hydrogens (tertiary/aromatic N) is 4. The minimum Gasteiger partial charge on any atom is -0.244 e. The van der Waals surface area contributed by atoms with Crippen LogP contribution in [0.25, 0.3) is 27.9 Å². The third-order valence-corrected chi connectivity index (χ3v) is 6.43. The molecule has 0 saturated heterocycles. The van der Waals surface area contributed by atoms with Crippen LogP contribution >= 0.6 is 34.5 Å². The van der Waals surface area contributed by atoms with E-state index in [1.54, 1.807) is 17.5 Å². The van der Waals surface area contributed by atoms with Gasteiger partial charge >= 0.3 is 5.69 Å². The summed E-state index contributed by atoms with van der Waals surface area (Å²) >= 11 is 13.8. The van der Waals surface area contributed by atoms with Crippen molar-refractivity contribution in [3.63, 3.8) is 0 Å². The lowest BCUT2D eigenvalue weighted by molar-refractivity contribution is 0.651. The molecule has 0 fully saturated rings. The molecule has 0 N–H and O–H groups in total. The summed E-state index contributed by atoms with van der Waals surface area (Å²) in [5.74, 6) is 0. The van der Waals surface area contributed by atoms with Gasteiger partial charge in [-0.25, -0.2) is 9.48 Å². The van der Waals surface area contributed by atoms with Crippen LogP contribution in [-0.4, -0.2) is 19.4 Å². The molecule has 5 rings (SSSR count). The van der Waals surface area contributed by atoms with Crippen LogP contribution in [0.4, 0.5) is 0 Å². The Labute approximate surface area is 192 Å². The summed E-state index contributed by atoms with van der Waals surface area (Å²) in [5.41, 5.74) is 4.74. The average Bonchev–Trinajstić information content (AvgIpc) is 3.32. The molecule has 0 radical (unpaired) electrons. The Kier molecular flexibility index (Phi) is 5.14. The first kappa shape index (κ1) is 20.0. The van der Waals surface area contributed by atoms with Gasteiger partial charge in [-0.1, -0.05) is 47.5 Å². The molecule has 0 atom stereocenters. The molecule has 3 aromatic heterocycles. The van der Waals surface area contributed by atoms with E-state index in [0.717, 1.165) is 27.8 Å². The number of aromatic nitrogens is 4. The highest BCUT2D eigenvalue weighted by molar-refractivity contribution is 7.10. The number of hydrogen-bond donors (Lipinski definition) is 0. The summed E-state index contributed by atoms with van der Waals surface area (Å²) in [6.45, 7) is 2.43. The van der Waals surface area contributed by atoms with Crippen molar-refractivity contribution in [1.29, 1.82) is 0 Å². The zero-order valence-corrected chi connectivity index (χ0v) is 18.7. The zero-order chi connectivity index (χ0) is 21.5. The van der Waals surface area contributed by atoms with Crippen molar-refractivity contribution in [3.05, 3.63) is 97.1 Å².